The van der Waals surface area contributed by atoms with Gasteiger partial charge in [-0.15, -0.1) is 0 Å². The van der Waals surface area contributed by atoms with Gasteiger partial charge in [0.15, 0.2) is 0 Å². The Morgan fingerprint density at radius 3 is 2.84 bits per heavy atom. The predicted molar refractivity (Wildman–Crippen MR) is 81.2 cm³/mol. The molecule has 0 amide bonds. The highest BCUT2D eigenvalue weighted by molar-refractivity contribution is 5.86. The van der Waals surface area contributed by atoms with Crippen molar-refractivity contribution in [3.63, 3.8) is 0 Å². The van der Waals surface area contributed by atoms with Gasteiger partial charge in [-0.2, -0.15) is 10.2 Å². The largest absolute Gasteiger partial charge is 0.258 e. The van der Waals surface area contributed by atoms with Crippen molar-refractivity contribution in [2.24, 2.45) is 10.2 Å². The lowest BCUT2D eigenvalue weighted by atomic mass is 10.0. The maximum absolute atomic E-state index is 4.64. The van der Waals surface area contributed by atoms with Crippen LogP contribution in [0.15, 0.2) is 22.3 Å². The normalized spacial score (nSPS) is 16.3. The number of pyridine rings is 1. The monoisotopic (exact) mass is 257 g/mol. The van der Waals surface area contributed by atoms with Crippen molar-refractivity contribution in [3.05, 3.63) is 29.1 Å². The molecule has 1 aromatic rings. The van der Waals surface area contributed by atoms with Crippen LogP contribution in [0.1, 0.15) is 62.4 Å². The van der Waals surface area contributed by atoms with Crippen molar-refractivity contribution in [2.45, 2.75) is 58.8 Å². The van der Waals surface area contributed by atoms with Crippen LogP contribution in [-0.4, -0.2) is 16.9 Å². The zero-order valence-corrected chi connectivity index (χ0v) is 12.2. The summed E-state index contributed by atoms with van der Waals surface area (Å²) in [5, 5.41) is 8.34. The first-order valence-electron chi connectivity index (χ1n) is 7.23. The van der Waals surface area contributed by atoms with E-state index in [0.717, 1.165) is 30.7 Å². The first-order valence-corrected chi connectivity index (χ1v) is 7.23. The van der Waals surface area contributed by atoms with E-state index in [0.29, 0.717) is 5.92 Å². The molecule has 1 heterocycles. The molecule has 0 radical (unpaired) electrons. The standard InChI is InChI=1S/C16H23N3/c1-4-6-15(19-17-5-2)10-13-9-12(3)18-16(11-13)14-7-8-14/h5,9,11,14H,4,6-8,10H2,1-3H3/b17-5-,19-15+. The average Bonchev–Trinajstić information content (AvgIpc) is 3.19. The third kappa shape index (κ3) is 4.27. The average molecular weight is 257 g/mol. The Balaban J connectivity index is 2.15. The molecule has 0 N–H and O–H groups in total. The molecule has 19 heavy (non-hydrogen) atoms. The van der Waals surface area contributed by atoms with Gasteiger partial charge in [-0.1, -0.05) is 13.3 Å². The molecule has 0 unspecified atom stereocenters. The van der Waals surface area contributed by atoms with Crippen molar-refractivity contribution in [3.8, 4) is 0 Å². The third-order valence-corrected chi connectivity index (χ3v) is 3.29. The van der Waals surface area contributed by atoms with E-state index in [2.05, 4.69) is 41.2 Å². The molecule has 0 atom stereocenters. The Hall–Kier alpha value is -1.51. The minimum absolute atomic E-state index is 0.707. The van der Waals surface area contributed by atoms with Gasteiger partial charge in [-0.05, 0) is 50.8 Å². The fourth-order valence-electron chi connectivity index (χ4n) is 2.30. The van der Waals surface area contributed by atoms with E-state index in [1.165, 1.54) is 24.1 Å². The Kier molecular flexibility index (Phi) is 4.83. The molecular weight excluding hydrogens is 234 g/mol. The third-order valence-electron chi connectivity index (χ3n) is 3.29. The molecule has 3 heteroatoms. The molecule has 0 saturated heterocycles. The number of hydrogen-bond donors (Lipinski definition) is 0. The Bertz CT molecular complexity index is 485. The maximum Gasteiger partial charge on any atom is 0.0449 e. The number of aromatic nitrogens is 1. The van der Waals surface area contributed by atoms with Crippen LogP contribution >= 0.6 is 0 Å². The molecule has 3 nitrogen and oxygen atoms in total. The highest BCUT2D eigenvalue weighted by Gasteiger charge is 2.25. The summed E-state index contributed by atoms with van der Waals surface area (Å²) in [5.41, 5.74) is 4.87. The van der Waals surface area contributed by atoms with Gasteiger partial charge in [0.05, 0.1) is 0 Å². The van der Waals surface area contributed by atoms with Gasteiger partial charge in [-0.25, -0.2) is 0 Å². The van der Waals surface area contributed by atoms with Gasteiger partial charge in [0.25, 0.3) is 0 Å². The van der Waals surface area contributed by atoms with Crippen LogP contribution in [-0.2, 0) is 6.42 Å². The smallest absolute Gasteiger partial charge is 0.0449 e. The molecule has 1 aliphatic rings. The van der Waals surface area contributed by atoms with Crippen LogP contribution < -0.4 is 0 Å². The zero-order chi connectivity index (χ0) is 13.7. The first-order chi connectivity index (χ1) is 9.22. The Labute approximate surface area is 115 Å². The van der Waals surface area contributed by atoms with Gasteiger partial charge < -0.3 is 0 Å². The summed E-state index contributed by atoms with van der Waals surface area (Å²) in [5.74, 6) is 0.707. The quantitative estimate of drug-likeness (QED) is 0.559. The highest BCUT2D eigenvalue weighted by atomic mass is 15.2. The second-order valence-corrected chi connectivity index (χ2v) is 5.28. The van der Waals surface area contributed by atoms with E-state index in [-0.39, 0.29) is 0 Å². The lowest BCUT2D eigenvalue weighted by Gasteiger charge is -2.07. The van der Waals surface area contributed by atoms with Crippen LogP contribution in [0.3, 0.4) is 0 Å². The molecule has 0 aliphatic heterocycles. The van der Waals surface area contributed by atoms with Crippen molar-refractivity contribution >= 4 is 11.9 Å². The number of rotatable bonds is 6. The SMILES string of the molecule is C/C=N\N=C(/CCC)Cc1cc(C)nc(C2CC2)c1. The lowest BCUT2D eigenvalue weighted by Crippen LogP contribution is -2.04. The van der Waals surface area contributed by atoms with E-state index < -0.39 is 0 Å². The van der Waals surface area contributed by atoms with Crippen LogP contribution in [0, 0.1) is 6.92 Å². The Morgan fingerprint density at radius 2 is 2.21 bits per heavy atom. The fourth-order valence-corrected chi connectivity index (χ4v) is 2.30. The zero-order valence-electron chi connectivity index (χ0n) is 12.2. The molecule has 1 aliphatic carbocycles. The molecule has 1 fully saturated rings. The highest BCUT2D eigenvalue weighted by Crippen LogP contribution is 2.39. The molecule has 0 aromatic carbocycles. The number of aryl methyl sites for hydroxylation is 1. The summed E-state index contributed by atoms with van der Waals surface area (Å²) in [6.07, 6.45) is 7.35. The van der Waals surface area contributed by atoms with Crippen LogP contribution in [0.2, 0.25) is 0 Å². The van der Waals surface area contributed by atoms with Gasteiger partial charge in [0.1, 0.15) is 0 Å². The van der Waals surface area contributed by atoms with Gasteiger partial charge >= 0.3 is 0 Å². The molecular formula is C16H23N3. The van der Waals surface area contributed by atoms with Crippen molar-refractivity contribution < 1.29 is 0 Å². The topological polar surface area (TPSA) is 37.6 Å². The fraction of sp³-hybridized carbons (Fsp3) is 0.562. The summed E-state index contributed by atoms with van der Waals surface area (Å²) >= 11 is 0. The van der Waals surface area contributed by atoms with Gasteiger partial charge in [-0.3, -0.25) is 4.98 Å². The summed E-state index contributed by atoms with van der Waals surface area (Å²) < 4.78 is 0. The van der Waals surface area contributed by atoms with E-state index in [1.54, 1.807) is 6.21 Å². The van der Waals surface area contributed by atoms with E-state index in [9.17, 15) is 0 Å². The van der Waals surface area contributed by atoms with Gasteiger partial charge in [0, 0.05) is 35.7 Å². The lowest BCUT2D eigenvalue weighted by molar-refractivity contribution is 0.948. The molecule has 1 aromatic heterocycles. The summed E-state index contributed by atoms with van der Waals surface area (Å²) in [4.78, 5) is 4.64. The first kappa shape index (κ1) is 13.9. The molecule has 2 rings (SSSR count). The number of nitrogens with zero attached hydrogens (tertiary/aromatic N) is 3. The van der Waals surface area contributed by atoms with E-state index in [1.807, 2.05) is 6.92 Å². The van der Waals surface area contributed by atoms with Crippen molar-refractivity contribution in [1.82, 2.24) is 4.98 Å². The minimum Gasteiger partial charge on any atom is -0.258 e. The van der Waals surface area contributed by atoms with Crippen molar-refractivity contribution in [1.29, 1.82) is 0 Å². The molecule has 0 spiro atoms. The Morgan fingerprint density at radius 1 is 1.42 bits per heavy atom. The van der Waals surface area contributed by atoms with Crippen LogP contribution in [0.25, 0.3) is 0 Å². The second kappa shape index (κ2) is 6.60. The van der Waals surface area contributed by atoms with Crippen LogP contribution in [0.4, 0.5) is 0 Å². The summed E-state index contributed by atoms with van der Waals surface area (Å²) in [6.45, 7) is 6.16. The molecule has 102 valence electrons. The number of hydrogen-bond acceptors (Lipinski definition) is 3. The second-order valence-electron chi connectivity index (χ2n) is 5.28. The molecule has 1 saturated carbocycles. The maximum atomic E-state index is 4.64. The summed E-state index contributed by atoms with van der Waals surface area (Å²) in [7, 11) is 0. The van der Waals surface area contributed by atoms with E-state index in [4.69, 9.17) is 0 Å². The minimum atomic E-state index is 0.707. The van der Waals surface area contributed by atoms with Crippen LogP contribution in [0.5, 0.6) is 0 Å². The van der Waals surface area contributed by atoms with Gasteiger partial charge in [0.2, 0.25) is 0 Å². The molecule has 0 bridgehead atoms. The van der Waals surface area contributed by atoms with E-state index >= 15 is 0 Å². The van der Waals surface area contributed by atoms with Crippen molar-refractivity contribution in [2.75, 3.05) is 0 Å². The predicted octanol–water partition coefficient (Wildman–Crippen LogP) is 4.06. The summed E-state index contributed by atoms with van der Waals surface area (Å²) in [6, 6.07) is 4.43.